The molecule has 0 aliphatic carbocycles. The van der Waals surface area contributed by atoms with Gasteiger partial charge in [0.05, 0.1) is 5.56 Å². The van der Waals surface area contributed by atoms with Crippen LogP contribution in [0.15, 0.2) is 35.7 Å². The van der Waals surface area contributed by atoms with Crippen LogP contribution in [0, 0.1) is 0 Å². The van der Waals surface area contributed by atoms with Crippen LogP contribution in [0.4, 0.5) is 0 Å². The molecular weight excluding hydrogens is 328 g/mol. The van der Waals surface area contributed by atoms with Gasteiger partial charge in [0.15, 0.2) is 0 Å². The number of thiophene rings is 1. The first-order valence-corrected chi connectivity index (χ1v) is 9.25. The maximum Gasteiger partial charge on any atom is 0.254 e. The molecule has 1 saturated heterocycles. The van der Waals surface area contributed by atoms with Crippen LogP contribution in [0.5, 0.6) is 0 Å². The molecule has 3 rings (SSSR count). The van der Waals surface area contributed by atoms with Crippen LogP contribution < -0.4 is 0 Å². The average molecular weight is 349 g/mol. The Balaban J connectivity index is 1.56. The standard InChI is InChI=1S/C18H21ClN2OS/c1-2-16-11-15(13-23-16)18(22)21-9-7-20(8-10-21)12-14-5-3-4-6-17(14)19/h3-6,11,13H,2,7-10,12H2,1H3. The zero-order valence-electron chi connectivity index (χ0n) is 13.3. The minimum absolute atomic E-state index is 0.165. The Morgan fingerprint density at radius 2 is 1.96 bits per heavy atom. The van der Waals surface area contributed by atoms with Gasteiger partial charge in [-0.15, -0.1) is 11.3 Å². The highest BCUT2D eigenvalue weighted by atomic mass is 35.5. The van der Waals surface area contributed by atoms with Crippen LogP contribution in [0.1, 0.15) is 27.7 Å². The molecule has 0 spiro atoms. The highest BCUT2D eigenvalue weighted by molar-refractivity contribution is 7.10. The van der Waals surface area contributed by atoms with Gasteiger partial charge >= 0.3 is 0 Å². The van der Waals surface area contributed by atoms with Crippen molar-refractivity contribution in [1.29, 1.82) is 0 Å². The molecule has 1 fully saturated rings. The van der Waals surface area contributed by atoms with E-state index in [-0.39, 0.29) is 5.91 Å². The molecule has 23 heavy (non-hydrogen) atoms. The van der Waals surface area contributed by atoms with Crippen LogP contribution in [-0.4, -0.2) is 41.9 Å². The molecule has 1 aromatic carbocycles. The summed E-state index contributed by atoms with van der Waals surface area (Å²) >= 11 is 7.90. The second-order valence-electron chi connectivity index (χ2n) is 5.82. The largest absolute Gasteiger partial charge is 0.336 e. The van der Waals surface area contributed by atoms with E-state index in [1.54, 1.807) is 11.3 Å². The van der Waals surface area contributed by atoms with Crippen LogP contribution in [0.3, 0.4) is 0 Å². The molecule has 5 heteroatoms. The smallest absolute Gasteiger partial charge is 0.254 e. The molecule has 1 aliphatic rings. The number of aryl methyl sites for hydroxylation is 1. The van der Waals surface area contributed by atoms with Gasteiger partial charge in [0, 0.05) is 48.0 Å². The van der Waals surface area contributed by atoms with Crippen molar-refractivity contribution < 1.29 is 4.79 Å². The summed E-state index contributed by atoms with van der Waals surface area (Å²) in [6.07, 6.45) is 0.990. The van der Waals surface area contributed by atoms with Crippen molar-refractivity contribution in [2.45, 2.75) is 19.9 Å². The van der Waals surface area contributed by atoms with Crippen molar-refractivity contribution in [2.75, 3.05) is 26.2 Å². The predicted molar refractivity (Wildman–Crippen MR) is 96.3 cm³/mol. The molecule has 122 valence electrons. The van der Waals surface area contributed by atoms with Crippen LogP contribution in [-0.2, 0) is 13.0 Å². The fourth-order valence-electron chi connectivity index (χ4n) is 2.84. The monoisotopic (exact) mass is 348 g/mol. The van der Waals surface area contributed by atoms with Gasteiger partial charge in [-0.3, -0.25) is 9.69 Å². The van der Waals surface area contributed by atoms with E-state index in [0.29, 0.717) is 0 Å². The van der Waals surface area contributed by atoms with E-state index in [1.165, 1.54) is 4.88 Å². The van der Waals surface area contributed by atoms with E-state index in [9.17, 15) is 4.79 Å². The Hall–Kier alpha value is -1.36. The summed E-state index contributed by atoms with van der Waals surface area (Å²) in [6, 6.07) is 10.00. The summed E-state index contributed by atoms with van der Waals surface area (Å²) in [6.45, 7) is 6.30. The first-order valence-electron chi connectivity index (χ1n) is 8.00. The van der Waals surface area contributed by atoms with E-state index in [1.807, 2.05) is 34.5 Å². The van der Waals surface area contributed by atoms with Crippen molar-refractivity contribution >= 4 is 28.8 Å². The van der Waals surface area contributed by atoms with Gasteiger partial charge in [-0.05, 0) is 24.1 Å². The van der Waals surface area contributed by atoms with E-state index in [0.717, 1.165) is 55.3 Å². The predicted octanol–water partition coefficient (Wildman–Crippen LogP) is 3.92. The Labute approximate surface area is 146 Å². The van der Waals surface area contributed by atoms with Gasteiger partial charge in [-0.2, -0.15) is 0 Å². The number of halogens is 1. The summed E-state index contributed by atoms with van der Waals surface area (Å²) in [5.74, 6) is 0.165. The molecule has 1 aliphatic heterocycles. The lowest BCUT2D eigenvalue weighted by molar-refractivity contribution is 0.0629. The summed E-state index contributed by atoms with van der Waals surface area (Å²) < 4.78 is 0. The number of carbonyl (C=O) groups excluding carboxylic acids is 1. The zero-order valence-corrected chi connectivity index (χ0v) is 14.9. The maximum absolute atomic E-state index is 12.5. The van der Waals surface area contributed by atoms with Gasteiger partial charge in [0.1, 0.15) is 0 Å². The summed E-state index contributed by atoms with van der Waals surface area (Å²) in [4.78, 5) is 18.1. The molecule has 0 bridgehead atoms. The van der Waals surface area contributed by atoms with Crippen molar-refractivity contribution in [3.05, 3.63) is 56.7 Å². The molecule has 0 N–H and O–H groups in total. The van der Waals surface area contributed by atoms with E-state index in [2.05, 4.69) is 17.9 Å². The van der Waals surface area contributed by atoms with Gasteiger partial charge < -0.3 is 4.90 Å². The molecule has 2 aromatic rings. The third-order valence-electron chi connectivity index (χ3n) is 4.26. The number of piperazine rings is 1. The molecule has 0 radical (unpaired) electrons. The van der Waals surface area contributed by atoms with Crippen molar-refractivity contribution in [2.24, 2.45) is 0 Å². The lowest BCUT2D eigenvalue weighted by Gasteiger charge is -2.34. The normalized spacial score (nSPS) is 15.8. The van der Waals surface area contributed by atoms with Crippen LogP contribution >= 0.6 is 22.9 Å². The summed E-state index contributed by atoms with van der Waals surface area (Å²) in [5, 5.41) is 2.80. The summed E-state index contributed by atoms with van der Waals surface area (Å²) in [5.41, 5.74) is 1.99. The Kier molecular flexibility index (Phi) is 5.36. The van der Waals surface area contributed by atoms with E-state index >= 15 is 0 Å². The van der Waals surface area contributed by atoms with Gasteiger partial charge in [-0.25, -0.2) is 0 Å². The zero-order chi connectivity index (χ0) is 16.2. The number of nitrogens with zero attached hydrogens (tertiary/aromatic N) is 2. The van der Waals surface area contributed by atoms with E-state index in [4.69, 9.17) is 11.6 Å². The highest BCUT2D eigenvalue weighted by Gasteiger charge is 2.23. The minimum Gasteiger partial charge on any atom is -0.336 e. The Morgan fingerprint density at radius 3 is 2.61 bits per heavy atom. The molecule has 3 nitrogen and oxygen atoms in total. The first-order chi connectivity index (χ1) is 11.2. The molecule has 1 aromatic heterocycles. The van der Waals surface area contributed by atoms with Gasteiger partial charge in [0.2, 0.25) is 0 Å². The second-order valence-corrected chi connectivity index (χ2v) is 7.22. The molecule has 0 atom stereocenters. The maximum atomic E-state index is 12.5. The number of amides is 1. The molecule has 1 amide bonds. The minimum atomic E-state index is 0.165. The first kappa shape index (κ1) is 16.5. The third kappa shape index (κ3) is 3.94. The molecule has 0 saturated carbocycles. The van der Waals surface area contributed by atoms with Crippen molar-refractivity contribution in [1.82, 2.24) is 9.80 Å². The fraction of sp³-hybridized carbons (Fsp3) is 0.389. The Morgan fingerprint density at radius 1 is 1.22 bits per heavy atom. The number of carbonyl (C=O) groups is 1. The Bertz CT molecular complexity index is 677. The quantitative estimate of drug-likeness (QED) is 0.836. The van der Waals surface area contributed by atoms with E-state index < -0.39 is 0 Å². The number of hydrogen-bond donors (Lipinski definition) is 0. The summed E-state index contributed by atoms with van der Waals surface area (Å²) in [7, 11) is 0. The fourth-order valence-corrected chi connectivity index (χ4v) is 3.84. The molecule has 2 heterocycles. The number of hydrogen-bond acceptors (Lipinski definition) is 3. The SMILES string of the molecule is CCc1cc(C(=O)N2CCN(Cc3ccccc3Cl)CC2)cs1. The van der Waals surface area contributed by atoms with Gasteiger partial charge in [0.25, 0.3) is 5.91 Å². The second kappa shape index (κ2) is 7.47. The van der Waals surface area contributed by atoms with Crippen LogP contribution in [0.2, 0.25) is 5.02 Å². The van der Waals surface area contributed by atoms with Crippen molar-refractivity contribution in [3.63, 3.8) is 0 Å². The highest BCUT2D eigenvalue weighted by Crippen LogP contribution is 2.20. The number of rotatable bonds is 4. The third-order valence-corrected chi connectivity index (χ3v) is 5.71. The number of benzene rings is 1. The average Bonchev–Trinajstić information content (AvgIpc) is 3.06. The molecule has 0 unspecified atom stereocenters. The lowest BCUT2D eigenvalue weighted by atomic mass is 10.2. The van der Waals surface area contributed by atoms with Crippen LogP contribution in [0.25, 0.3) is 0 Å². The molecular formula is C18H21ClN2OS. The topological polar surface area (TPSA) is 23.6 Å². The lowest BCUT2D eigenvalue weighted by Crippen LogP contribution is -2.48. The van der Waals surface area contributed by atoms with Gasteiger partial charge in [-0.1, -0.05) is 36.7 Å². The van der Waals surface area contributed by atoms with Crippen molar-refractivity contribution in [3.8, 4) is 0 Å².